The number of hydrogen-bond donors (Lipinski definition) is 0. The number of carbonyl (C=O) groups excluding carboxylic acids is 2. The van der Waals surface area contributed by atoms with Crippen LogP contribution in [0.2, 0.25) is 0 Å². The molecule has 3 aliphatic rings. The summed E-state index contributed by atoms with van der Waals surface area (Å²) in [6.07, 6.45) is -1.65. The van der Waals surface area contributed by atoms with E-state index in [0.717, 1.165) is 5.56 Å². The summed E-state index contributed by atoms with van der Waals surface area (Å²) in [4.78, 5) is 27.1. The molecule has 2 amide bonds. The van der Waals surface area contributed by atoms with E-state index < -0.39 is 42.0 Å². The summed E-state index contributed by atoms with van der Waals surface area (Å²) in [7, 11) is 0. The van der Waals surface area contributed by atoms with E-state index in [1.165, 1.54) is 4.90 Å². The van der Waals surface area contributed by atoms with Crippen LogP contribution in [0.1, 0.15) is 39.7 Å². The largest absolute Gasteiger partial charge is 0.441 e. The Morgan fingerprint density at radius 2 is 1.60 bits per heavy atom. The molecular formula is C22H29NO7. The fourth-order valence-electron chi connectivity index (χ4n) is 4.23. The first-order chi connectivity index (χ1) is 14.2. The zero-order valence-corrected chi connectivity index (χ0v) is 17.8. The summed E-state index contributed by atoms with van der Waals surface area (Å²) in [6, 6.07) is 9.04. The van der Waals surface area contributed by atoms with E-state index in [1.807, 2.05) is 30.3 Å². The van der Waals surface area contributed by atoms with Gasteiger partial charge in [0, 0.05) is 6.42 Å². The highest BCUT2D eigenvalue weighted by molar-refractivity contribution is 5.94. The smallest absolute Gasteiger partial charge is 0.417 e. The Morgan fingerprint density at radius 1 is 1.00 bits per heavy atom. The van der Waals surface area contributed by atoms with Crippen molar-refractivity contribution in [1.82, 2.24) is 4.90 Å². The first kappa shape index (κ1) is 21.2. The molecule has 4 atom stereocenters. The molecule has 1 aromatic carbocycles. The van der Waals surface area contributed by atoms with E-state index >= 15 is 0 Å². The van der Waals surface area contributed by atoms with Crippen LogP contribution in [0.15, 0.2) is 30.3 Å². The number of imide groups is 1. The van der Waals surface area contributed by atoms with Crippen molar-refractivity contribution in [2.45, 2.75) is 76.5 Å². The maximum Gasteiger partial charge on any atom is 0.417 e. The molecule has 0 bridgehead atoms. The lowest BCUT2D eigenvalue weighted by Crippen LogP contribution is -2.53. The van der Waals surface area contributed by atoms with Crippen LogP contribution in [-0.2, 0) is 34.9 Å². The van der Waals surface area contributed by atoms with Crippen molar-refractivity contribution in [2.24, 2.45) is 0 Å². The van der Waals surface area contributed by atoms with E-state index in [9.17, 15) is 9.59 Å². The second-order valence-electron chi connectivity index (χ2n) is 8.82. The second kappa shape index (κ2) is 7.92. The molecule has 0 aromatic heterocycles. The molecule has 0 aliphatic carbocycles. The topological polar surface area (TPSA) is 83.5 Å². The lowest BCUT2D eigenvalue weighted by molar-refractivity contribution is -0.163. The minimum Gasteiger partial charge on any atom is -0.441 e. The van der Waals surface area contributed by atoms with Crippen LogP contribution in [0.3, 0.4) is 0 Å². The van der Waals surface area contributed by atoms with Gasteiger partial charge >= 0.3 is 6.09 Å². The molecule has 4 rings (SSSR count). The first-order valence-corrected chi connectivity index (χ1v) is 10.4. The highest BCUT2D eigenvalue weighted by Gasteiger charge is 2.57. The average Bonchev–Trinajstić information content (AvgIpc) is 3.34. The van der Waals surface area contributed by atoms with Gasteiger partial charge in [-0.3, -0.25) is 4.79 Å². The number of nitrogens with zero attached hydrogens (tertiary/aromatic N) is 1. The molecule has 164 valence electrons. The molecule has 8 nitrogen and oxygen atoms in total. The number of ether oxygens (including phenoxy) is 5. The number of cyclic esters (lactones) is 1. The van der Waals surface area contributed by atoms with Crippen LogP contribution in [0.4, 0.5) is 4.79 Å². The molecule has 3 aliphatic heterocycles. The zero-order chi connectivity index (χ0) is 21.5. The average molecular weight is 419 g/mol. The molecule has 30 heavy (non-hydrogen) atoms. The third-order valence-electron chi connectivity index (χ3n) is 5.62. The standard InChI is InChI=1S/C22H29NO7/c1-21(2)26-12-15(29-21)18-19(16-13-27-22(3,4)30-16)28-20(25)23(18)17(24)11-10-14-8-6-5-7-9-14/h5-9,15-16,18-19H,10-13H2,1-4H3/t15-,16-,18+,19-/m1/s1. The Bertz CT molecular complexity index is 794. The summed E-state index contributed by atoms with van der Waals surface area (Å²) in [5.41, 5.74) is 1.03. The number of aryl methyl sites for hydroxylation is 1. The summed E-state index contributed by atoms with van der Waals surface area (Å²) >= 11 is 0. The van der Waals surface area contributed by atoms with Crippen molar-refractivity contribution in [3.05, 3.63) is 35.9 Å². The van der Waals surface area contributed by atoms with E-state index in [2.05, 4.69) is 0 Å². The Morgan fingerprint density at radius 3 is 2.17 bits per heavy atom. The normalized spacial score (nSPS) is 32.4. The minimum atomic E-state index is -0.800. The summed E-state index contributed by atoms with van der Waals surface area (Å²) in [5, 5.41) is 0. The maximum absolute atomic E-state index is 13.1. The lowest BCUT2D eigenvalue weighted by atomic mass is 9.99. The van der Waals surface area contributed by atoms with Gasteiger partial charge in [0.05, 0.1) is 13.2 Å². The van der Waals surface area contributed by atoms with Gasteiger partial charge in [-0.05, 0) is 39.7 Å². The predicted molar refractivity (Wildman–Crippen MR) is 105 cm³/mol. The highest BCUT2D eigenvalue weighted by Crippen LogP contribution is 2.37. The van der Waals surface area contributed by atoms with Gasteiger partial charge in [0.2, 0.25) is 5.91 Å². The van der Waals surface area contributed by atoms with Gasteiger partial charge in [-0.2, -0.15) is 0 Å². The summed E-state index contributed by atoms with van der Waals surface area (Å²) in [6.45, 7) is 7.74. The van der Waals surface area contributed by atoms with Crippen LogP contribution < -0.4 is 0 Å². The fourth-order valence-corrected chi connectivity index (χ4v) is 4.23. The third kappa shape index (κ3) is 4.37. The Labute approximate surface area is 176 Å². The van der Waals surface area contributed by atoms with Crippen LogP contribution in [-0.4, -0.2) is 66.0 Å². The van der Waals surface area contributed by atoms with E-state index in [4.69, 9.17) is 23.7 Å². The van der Waals surface area contributed by atoms with Gasteiger partial charge < -0.3 is 23.7 Å². The van der Waals surface area contributed by atoms with Gasteiger partial charge in [0.25, 0.3) is 0 Å². The zero-order valence-electron chi connectivity index (χ0n) is 17.8. The van der Waals surface area contributed by atoms with E-state index in [0.29, 0.717) is 6.42 Å². The molecule has 3 heterocycles. The molecule has 8 heteroatoms. The lowest BCUT2D eigenvalue weighted by Gasteiger charge is -2.30. The van der Waals surface area contributed by atoms with Crippen LogP contribution in [0.25, 0.3) is 0 Å². The number of carbonyl (C=O) groups is 2. The van der Waals surface area contributed by atoms with E-state index in [1.54, 1.807) is 27.7 Å². The van der Waals surface area contributed by atoms with Gasteiger partial charge in [0.1, 0.15) is 18.2 Å². The Hall–Kier alpha value is -2.00. The predicted octanol–water partition coefficient (Wildman–Crippen LogP) is 2.64. The Kier molecular flexibility index (Phi) is 5.61. The van der Waals surface area contributed by atoms with Crippen molar-refractivity contribution in [2.75, 3.05) is 13.2 Å². The quantitative estimate of drug-likeness (QED) is 0.725. The van der Waals surface area contributed by atoms with Crippen molar-refractivity contribution < 1.29 is 33.3 Å². The fraction of sp³-hybridized carbons (Fsp3) is 0.636. The van der Waals surface area contributed by atoms with Gasteiger partial charge in [-0.15, -0.1) is 0 Å². The van der Waals surface area contributed by atoms with Crippen LogP contribution in [0, 0.1) is 0 Å². The molecular weight excluding hydrogens is 390 g/mol. The molecule has 0 saturated carbocycles. The van der Waals surface area contributed by atoms with E-state index in [-0.39, 0.29) is 25.5 Å². The number of amides is 2. The number of benzene rings is 1. The van der Waals surface area contributed by atoms with Crippen LogP contribution >= 0.6 is 0 Å². The molecule has 0 radical (unpaired) electrons. The molecule has 0 N–H and O–H groups in total. The SMILES string of the molecule is CC1(C)OC[C@H]([C@H]2OC(=O)N(C(=O)CCc3ccccc3)[C@H]2[C@H]2COC(C)(C)O2)O1. The number of hydrogen-bond acceptors (Lipinski definition) is 7. The van der Waals surface area contributed by atoms with Gasteiger partial charge in [-0.25, -0.2) is 9.69 Å². The minimum absolute atomic E-state index is 0.187. The molecule has 0 unspecified atom stereocenters. The molecule has 0 spiro atoms. The van der Waals surface area contributed by atoms with Crippen molar-refractivity contribution in [1.29, 1.82) is 0 Å². The first-order valence-electron chi connectivity index (χ1n) is 10.4. The summed E-state index contributed by atoms with van der Waals surface area (Å²) in [5.74, 6) is -1.88. The third-order valence-corrected chi connectivity index (χ3v) is 5.62. The van der Waals surface area contributed by atoms with Crippen LogP contribution in [0.5, 0.6) is 0 Å². The van der Waals surface area contributed by atoms with Gasteiger partial charge in [-0.1, -0.05) is 30.3 Å². The Balaban J connectivity index is 1.54. The second-order valence-corrected chi connectivity index (χ2v) is 8.82. The monoisotopic (exact) mass is 419 g/mol. The molecule has 3 saturated heterocycles. The molecule has 1 aromatic rings. The highest BCUT2D eigenvalue weighted by atomic mass is 16.8. The van der Waals surface area contributed by atoms with Gasteiger partial charge in [0.15, 0.2) is 17.7 Å². The molecule has 3 fully saturated rings. The van der Waals surface area contributed by atoms with Crippen molar-refractivity contribution in [3.8, 4) is 0 Å². The maximum atomic E-state index is 13.1. The van der Waals surface area contributed by atoms with Crippen molar-refractivity contribution >= 4 is 12.0 Å². The van der Waals surface area contributed by atoms with Crippen molar-refractivity contribution in [3.63, 3.8) is 0 Å². The number of rotatable bonds is 5. The summed E-state index contributed by atoms with van der Waals surface area (Å²) < 4.78 is 29.0.